The number of nitrogens with zero attached hydrogens (tertiary/aromatic N) is 2. The minimum atomic E-state index is -0.405. The van der Waals surface area contributed by atoms with Crippen LogP contribution in [0.25, 0.3) is 22.0 Å². The lowest BCUT2D eigenvalue weighted by Crippen LogP contribution is -1.88. The van der Waals surface area contributed by atoms with E-state index in [-0.39, 0.29) is 5.69 Å². The first-order chi connectivity index (χ1) is 9.24. The minimum Gasteiger partial charge on any atom is -0.258 e. The molecular formula is C15H10N2O2. The van der Waals surface area contributed by atoms with Crippen LogP contribution >= 0.6 is 0 Å². The quantitative estimate of drug-likeness (QED) is 0.513. The van der Waals surface area contributed by atoms with Crippen molar-refractivity contribution in [1.82, 2.24) is 4.98 Å². The van der Waals surface area contributed by atoms with E-state index in [4.69, 9.17) is 0 Å². The van der Waals surface area contributed by atoms with Crippen molar-refractivity contribution in [2.75, 3.05) is 0 Å². The third kappa shape index (κ3) is 2.15. The number of pyridine rings is 1. The van der Waals surface area contributed by atoms with Gasteiger partial charge in [0.2, 0.25) is 0 Å². The lowest BCUT2D eigenvalue weighted by molar-refractivity contribution is -0.384. The topological polar surface area (TPSA) is 56.0 Å². The van der Waals surface area contributed by atoms with E-state index in [0.717, 1.165) is 22.0 Å². The molecule has 0 saturated carbocycles. The molecular weight excluding hydrogens is 240 g/mol. The summed E-state index contributed by atoms with van der Waals surface area (Å²) in [5.41, 5.74) is 1.77. The lowest BCUT2D eigenvalue weighted by Gasteiger charge is -2.03. The van der Waals surface area contributed by atoms with Gasteiger partial charge in [-0.1, -0.05) is 24.3 Å². The van der Waals surface area contributed by atoms with E-state index >= 15 is 0 Å². The number of hydrogen-bond donors (Lipinski definition) is 0. The molecule has 19 heavy (non-hydrogen) atoms. The standard InChI is InChI=1S/C15H10N2O2/c18-17(19)14-7-5-11(6-8-14)15-9-12-3-1-2-4-13(12)10-16-15/h1-10H. The van der Waals surface area contributed by atoms with Crippen molar-refractivity contribution < 1.29 is 4.92 Å². The number of nitro groups is 1. The number of rotatable bonds is 2. The Labute approximate surface area is 109 Å². The summed E-state index contributed by atoms with van der Waals surface area (Å²) >= 11 is 0. The van der Waals surface area contributed by atoms with Crippen LogP contribution in [0.3, 0.4) is 0 Å². The van der Waals surface area contributed by atoms with Crippen LogP contribution in [0.1, 0.15) is 0 Å². The maximum Gasteiger partial charge on any atom is 0.269 e. The van der Waals surface area contributed by atoms with Gasteiger partial charge in [-0.15, -0.1) is 0 Å². The van der Waals surface area contributed by atoms with Gasteiger partial charge in [0.15, 0.2) is 0 Å². The Morgan fingerprint density at radius 3 is 2.32 bits per heavy atom. The van der Waals surface area contributed by atoms with Crippen LogP contribution < -0.4 is 0 Å². The van der Waals surface area contributed by atoms with E-state index in [9.17, 15) is 10.1 Å². The zero-order valence-corrected chi connectivity index (χ0v) is 9.98. The smallest absolute Gasteiger partial charge is 0.258 e. The summed E-state index contributed by atoms with van der Waals surface area (Å²) < 4.78 is 0. The van der Waals surface area contributed by atoms with Crippen molar-refractivity contribution in [1.29, 1.82) is 0 Å². The van der Waals surface area contributed by atoms with Gasteiger partial charge in [0.05, 0.1) is 10.6 Å². The van der Waals surface area contributed by atoms with Crippen molar-refractivity contribution in [3.05, 3.63) is 70.9 Å². The fourth-order valence-electron chi connectivity index (χ4n) is 2.00. The third-order valence-corrected chi connectivity index (χ3v) is 3.00. The van der Waals surface area contributed by atoms with E-state index in [1.807, 2.05) is 36.5 Å². The van der Waals surface area contributed by atoms with Crippen molar-refractivity contribution in [3.8, 4) is 11.3 Å². The zero-order valence-electron chi connectivity index (χ0n) is 9.98. The molecule has 92 valence electrons. The van der Waals surface area contributed by atoms with Crippen molar-refractivity contribution in [3.63, 3.8) is 0 Å². The van der Waals surface area contributed by atoms with E-state index in [2.05, 4.69) is 4.98 Å². The Balaban J connectivity index is 2.06. The molecule has 0 aliphatic rings. The van der Waals surface area contributed by atoms with E-state index in [0.29, 0.717) is 0 Å². The van der Waals surface area contributed by atoms with Gasteiger partial charge in [-0.3, -0.25) is 15.1 Å². The van der Waals surface area contributed by atoms with Crippen LogP contribution in [-0.2, 0) is 0 Å². The predicted molar refractivity (Wildman–Crippen MR) is 73.8 cm³/mol. The molecule has 0 radical (unpaired) electrons. The summed E-state index contributed by atoms with van der Waals surface area (Å²) in [7, 11) is 0. The Kier molecular flexibility index (Phi) is 2.68. The average Bonchev–Trinajstić information content (AvgIpc) is 2.47. The Morgan fingerprint density at radius 2 is 1.63 bits per heavy atom. The fraction of sp³-hybridized carbons (Fsp3) is 0. The summed E-state index contributed by atoms with van der Waals surface area (Å²) in [6, 6.07) is 16.4. The van der Waals surface area contributed by atoms with Crippen LogP contribution in [-0.4, -0.2) is 9.91 Å². The van der Waals surface area contributed by atoms with E-state index < -0.39 is 4.92 Å². The maximum absolute atomic E-state index is 10.6. The van der Waals surface area contributed by atoms with E-state index in [1.165, 1.54) is 12.1 Å². The van der Waals surface area contributed by atoms with E-state index in [1.54, 1.807) is 12.1 Å². The largest absolute Gasteiger partial charge is 0.269 e. The number of aromatic nitrogens is 1. The maximum atomic E-state index is 10.6. The van der Waals surface area contributed by atoms with Crippen molar-refractivity contribution in [2.45, 2.75) is 0 Å². The number of hydrogen-bond acceptors (Lipinski definition) is 3. The molecule has 4 heteroatoms. The molecule has 0 atom stereocenters. The second-order valence-electron chi connectivity index (χ2n) is 4.22. The van der Waals surface area contributed by atoms with Gasteiger partial charge < -0.3 is 0 Å². The molecule has 0 bridgehead atoms. The first-order valence-corrected chi connectivity index (χ1v) is 5.84. The van der Waals surface area contributed by atoms with Gasteiger partial charge in [-0.25, -0.2) is 0 Å². The van der Waals surface area contributed by atoms with Gasteiger partial charge in [-0.2, -0.15) is 0 Å². The molecule has 0 aliphatic carbocycles. The second-order valence-corrected chi connectivity index (χ2v) is 4.22. The second kappa shape index (κ2) is 4.49. The SMILES string of the molecule is O=[N+]([O-])c1ccc(-c2cc3ccccc3cn2)cc1. The fourth-order valence-corrected chi connectivity index (χ4v) is 2.00. The molecule has 1 heterocycles. The van der Waals surface area contributed by atoms with Crippen molar-refractivity contribution in [2.24, 2.45) is 0 Å². The summed E-state index contributed by atoms with van der Waals surface area (Å²) in [4.78, 5) is 14.6. The van der Waals surface area contributed by atoms with Crippen molar-refractivity contribution >= 4 is 16.5 Å². The molecule has 2 aromatic carbocycles. The molecule has 4 nitrogen and oxygen atoms in total. The van der Waals surface area contributed by atoms with Gasteiger partial charge in [-0.05, 0) is 23.6 Å². The van der Waals surface area contributed by atoms with Crippen LogP contribution in [0.2, 0.25) is 0 Å². The lowest BCUT2D eigenvalue weighted by atomic mass is 10.1. The molecule has 0 amide bonds. The Hall–Kier alpha value is -2.75. The molecule has 0 fully saturated rings. The first-order valence-electron chi connectivity index (χ1n) is 5.84. The van der Waals surface area contributed by atoms with Crippen LogP contribution in [0.4, 0.5) is 5.69 Å². The number of fused-ring (bicyclic) bond motifs is 1. The van der Waals surface area contributed by atoms with Gasteiger partial charge in [0, 0.05) is 29.3 Å². The summed E-state index contributed by atoms with van der Waals surface area (Å²) in [5.74, 6) is 0. The number of non-ortho nitro benzene ring substituents is 1. The number of benzene rings is 2. The summed E-state index contributed by atoms with van der Waals surface area (Å²) in [6.07, 6.45) is 1.81. The average molecular weight is 250 g/mol. The highest BCUT2D eigenvalue weighted by Gasteiger charge is 2.06. The van der Waals surface area contributed by atoms with Crippen LogP contribution in [0.15, 0.2) is 60.8 Å². The summed E-state index contributed by atoms with van der Waals surface area (Å²) in [6.45, 7) is 0. The molecule has 0 aliphatic heterocycles. The van der Waals surface area contributed by atoms with Gasteiger partial charge >= 0.3 is 0 Å². The zero-order chi connectivity index (χ0) is 13.2. The highest BCUT2D eigenvalue weighted by molar-refractivity contribution is 5.85. The number of nitro benzene ring substituents is 1. The molecule has 3 aromatic rings. The van der Waals surface area contributed by atoms with Gasteiger partial charge in [0.1, 0.15) is 0 Å². The Morgan fingerprint density at radius 1 is 0.947 bits per heavy atom. The minimum absolute atomic E-state index is 0.0875. The molecule has 3 rings (SSSR count). The summed E-state index contributed by atoms with van der Waals surface area (Å²) in [5, 5.41) is 12.8. The normalized spacial score (nSPS) is 10.5. The monoisotopic (exact) mass is 250 g/mol. The molecule has 0 spiro atoms. The highest BCUT2D eigenvalue weighted by atomic mass is 16.6. The Bertz CT molecular complexity index is 751. The predicted octanol–water partition coefficient (Wildman–Crippen LogP) is 3.81. The molecule has 0 saturated heterocycles. The third-order valence-electron chi connectivity index (χ3n) is 3.00. The van der Waals surface area contributed by atoms with Gasteiger partial charge in [0.25, 0.3) is 5.69 Å². The highest BCUT2D eigenvalue weighted by Crippen LogP contribution is 2.23. The molecule has 1 aromatic heterocycles. The first kappa shape index (κ1) is 11.3. The van der Waals surface area contributed by atoms with Crippen LogP contribution in [0, 0.1) is 10.1 Å². The van der Waals surface area contributed by atoms with Crippen LogP contribution in [0.5, 0.6) is 0 Å². The molecule has 0 N–H and O–H groups in total. The molecule has 0 unspecified atom stereocenters.